The molecule has 1 heterocycles. The molecule has 0 atom stereocenters. The third kappa shape index (κ3) is 4.00. The molecular weight excluding hydrogens is 272 g/mol. The van der Waals surface area contributed by atoms with Gasteiger partial charge in [0.1, 0.15) is 11.5 Å². The zero-order chi connectivity index (χ0) is 14.2. The third-order valence-corrected chi connectivity index (χ3v) is 2.85. The molecule has 2 aromatic rings. The molecule has 5 nitrogen and oxygen atoms in total. The number of nitriles is 1. The van der Waals surface area contributed by atoms with Crippen LogP contribution >= 0.6 is 11.8 Å². The highest BCUT2D eigenvalue weighted by molar-refractivity contribution is 8.13. The van der Waals surface area contributed by atoms with Gasteiger partial charge in [-0.15, -0.1) is 0 Å². The van der Waals surface area contributed by atoms with Gasteiger partial charge in [-0.05, 0) is 30.5 Å². The Balaban J connectivity index is 2.18. The van der Waals surface area contributed by atoms with Gasteiger partial charge in [0.2, 0.25) is 0 Å². The summed E-state index contributed by atoms with van der Waals surface area (Å²) >= 11 is 1.36. The molecule has 20 heavy (non-hydrogen) atoms. The lowest BCUT2D eigenvalue weighted by molar-refractivity contribution is 0.480. The first-order valence-electron chi connectivity index (χ1n) is 5.77. The van der Waals surface area contributed by atoms with Crippen LogP contribution in [0.25, 0.3) is 0 Å². The van der Waals surface area contributed by atoms with E-state index in [4.69, 9.17) is 10.00 Å². The van der Waals surface area contributed by atoms with E-state index >= 15 is 0 Å². The summed E-state index contributed by atoms with van der Waals surface area (Å²) in [6, 6.07) is 10.9. The summed E-state index contributed by atoms with van der Waals surface area (Å²) in [7, 11) is 0. The standard InChI is InChI=1S/C14H12N4OS/c1-20-14(17-10-15)18-11-4-2-5-12(8-11)19-13-6-3-7-16-9-13/h2-9H,1H3,(H,17,18). The van der Waals surface area contributed by atoms with E-state index in [-0.39, 0.29) is 0 Å². The average Bonchev–Trinajstić information content (AvgIpc) is 2.48. The first-order valence-corrected chi connectivity index (χ1v) is 7.00. The van der Waals surface area contributed by atoms with Crippen LogP contribution < -0.4 is 10.1 Å². The van der Waals surface area contributed by atoms with Gasteiger partial charge in [0.05, 0.1) is 11.9 Å². The van der Waals surface area contributed by atoms with Crippen molar-refractivity contribution in [1.29, 1.82) is 5.26 Å². The predicted molar refractivity (Wildman–Crippen MR) is 80.1 cm³/mol. The van der Waals surface area contributed by atoms with Crippen molar-refractivity contribution in [2.75, 3.05) is 6.26 Å². The fraction of sp³-hybridized carbons (Fsp3) is 0.0714. The van der Waals surface area contributed by atoms with E-state index in [1.807, 2.05) is 36.7 Å². The normalized spacial score (nSPS) is 10.7. The van der Waals surface area contributed by atoms with Gasteiger partial charge < -0.3 is 4.74 Å². The van der Waals surface area contributed by atoms with Crippen LogP contribution in [-0.2, 0) is 0 Å². The Kier molecular flexibility index (Phi) is 4.98. The smallest absolute Gasteiger partial charge is 0.183 e. The zero-order valence-corrected chi connectivity index (χ0v) is 11.6. The summed E-state index contributed by atoms with van der Waals surface area (Å²) in [5, 5.41) is 11.7. The quantitative estimate of drug-likeness (QED) is 0.405. The Bertz CT molecular complexity index is 637. The van der Waals surface area contributed by atoms with Crippen LogP contribution in [0.1, 0.15) is 0 Å². The first-order chi connectivity index (χ1) is 9.81. The second kappa shape index (κ2) is 7.16. The molecule has 1 aromatic heterocycles. The molecule has 0 saturated heterocycles. The van der Waals surface area contributed by atoms with Crippen molar-refractivity contribution in [3.8, 4) is 17.7 Å². The number of nitrogens with zero attached hydrogens (tertiary/aromatic N) is 3. The Morgan fingerprint density at radius 3 is 2.90 bits per heavy atom. The van der Waals surface area contributed by atoms with Gasteiger partial charge in [0.25, 0.3) is 0 Å². The van der Waals surface area contributed by atoms with Crippen molar-refractivity contribution in [2.24, 2.45) is 4.99 Å². The van der Waals surface area contributed by atoms with E-state index in [0.29, 0.717) is 22.4 Å². The van der Waals surface area contributed by atoms with Gasteiger partial charge in [-0.2, -0.15) is 5.26 Å². The number of benzene rings is 1. The van der Waals surface area contributed by atoms with E-state index in [9.17, 15) is 0 Å². The molecule has 1 aromatic carbocycles. The van der Waals surface area contributed by atoms with E-state index in [1.165, 1.54) is 11.8 Å². The number of nitrogens with one attached hydrogen (secondary N) is 1. The highest BCUT2D eigenvalue weighted by Crippen LogP contribution is 2.25. The maximum absolute atomic E-state index is 8.61. The Morgan fingerprint density at radius 2 is 2.20 bits per heavy atom. The number of pyridine rings is 1. The van der Waals surface area contributed by atoms with Crippen LogP contribution in [-0.4, -0.2) is 16.4 Å². The molecule has 0 aliphatic carbocycles. The molecule has 1 N–H and O–H groups in total. The molecule has 0 radical (unpaired) electrons. The molecule has 100 valence electrons. The van der Waals surface area contributed by atoms with E-state index < -0.39 is 0 Å². The molecule has 2 rings (SSSR count). The number of ether oxygens (including phenoxy) is 1. The van der Waals surface area contributed by atoms with Gasteiger partial charge in [-0.1, -0.05) is 17.8 Å². The maximum atomic E-state index is 8.61. The Hall–Kier alpha value is -2.52. The summed E-state index contributed by atoms with van der Waals surface area (Å²) in [6.45, 7) is 0. The average molecular weight is 284 g/mol. The van der Waals surface area contributed by atoms with Crippen molar-refractivity contribution < 1.29 is 4.74 Å². The molecule has 0 aliphatic heterocycles. The minimum Gasteiger partial charge on any atom is -0.456 e. The van der Waals surface area contributed by atoms with Gasteiger partial charge in [0.15, 0.2) is 11.4 Å². The highest BCUT2D eigenvalue weighted by Gasteiger charge is 2.00. The number of amidine groups is 1. The predicted octanol–water partition coefficient (Wildman–Crippen LogP) is 3.30. The first kappa shape index (κ1) is 13.9. The van der Waals surface area contributed by atoms with Crippen LogP contribution in [0.3, 0.4) is 0 Å². The molecular formula is C14H12N4OS. The molecule has 6 heteroatoms. The lowest BCUT2D eigenvalue weighted by Crippen LogP contribution is -2.12. The van der Waals surface area contributed by atoms with Crippen LogP contribution in [0, 0.1) is 11.5 Å². The fourth-order valence-electron chi connectivity index (χ4n) is 1.45. The Morgan fingerprint density at radius 1 is 1.35 bits per heavy atom. The monoisotopic (exact) mass is 284 g/mol. The zero-order valence-electron chi connectivity index (χ0n) is 10.8. The van der Waals surface area contributed by atoms with E-state index in [2.05, 4.69) is 15.3 Å². The minimum atomic E-state index is 0.533. The van der Waals surface area contributed by atoms with Crippen molar-refractivity contribution >= 4 is 22.6 Å². The van der Waals surface area contributed by atoms with Gasteiger partial charge in [0, 0.05) is 12.3 Å². The SMILES string of the molecule is CSC(=Nc1cccc(Oc2cccnc2)c1)NC#N. The molecule has 0 fully saturated rings. The van der Waals surface area contributed by atoms with E-state index in [1.54, 1.807) is 24.5 Å². The van der Waals surface area contributed by atoms with Crippen molar-refractivity contribution in [3.05, 3.63) is 48.8 Å². The summed E-state index contributed by atoms with van der Waals surface area (Å²) < 4.78 is 5.67. The van der Waals surface area contributed by atoms with Gasteiger partial charge in [-0.25, -0.2) is 4.99 Å². The number of aromatic nitrogens is 1. The molecule has 0 spiro atoms. The second-order valence-electron chi connectivity index (χ2n) is 3.65. The van der Waals surface area contributed by atoms with E-state index in [0.717, 1.165) is 0 Å². The number of thioether (sulfide) groups is 1. The topological polar surface area (TPSA) is 70.3 Å². The third-order valence-electron chi connectivity index (χ3n) is 2.27. The van der Waals surface area contributed by atoms with Crippen molar-refractivity contribution in [1.82, 2.24) is 10.3 Å². The summed E-state index contributed by atoms with van der Waals surface area (Å²) in [5.41, 5.74) is 0.707. The Labute approximate surface area is 121 Å². The summed E-state index contributed by atoms with van der Waals surface area (Å²) in [4.78, 5) is 8.31. The number of hydrogen-bond donors (Lipinski definition) is 1. The molecule has 0 saturated carbocycles. The van der Waals surface area contributed by atoms with Gasteiger partial charge >= 0.3 is 0 Å². The summed E-state index contributed by atoms with van der Waals surface area (Å²) in [6.07, 6.45) is 7.02. The van der Waals surface area contributed by atoms with Crippen LogP contribution in [0.4, 0.5) is 5.69 Å². The molecule has 0 aliphatic rings. The second-order valence-corrected chi connectivity index (χ2v) is 4.44. The lowest BCUT2D eigenvalue weighted by atomic mass is 10.3. The van der Waals surface area contributed by atoms with Crippen molar-refractivity contribution in [2.45, 2.75) is 0 Å². The van der Waals surface area contributed by atoms with Crippen LogP contribution in [0.5, 0.6) is 11.5 Å². The molecule has 0 unspecified atom stereocenters. The molecule has 0 amide bonds. The van der Waals surface area contributed by atoms with Crippen LogP contribution in [0.15, 0.2) is 53.8 Å². The maximum Gasteiger partial charge on any atom is 0.183 e. The minimum absolute atomic E-state index is 0.533. The highest BCUT2D eigenvalue weighted by atomic mass is 32.2. The number of hydrogen-bond acceptors (Lipinski definition) is 5. The van der Waals surface area contributed by atoms with Gasteiger partial charge in [-0.3, -0.25) is 10.3 Å². The molecule has 0 bridgehead atoms. The largest absolute Gasteiger partial charge is 0.456 e. The summed E-state index contributed by atoms with van der Waals surface area (Å²) in [5.74, 6) is 1.32. The van der Waals surface area contributed by atoms with Crippen molar-refractivity contribution in [3.63, 3.8) is 0 Å². The number of rotatable bonds is 3. The fourth-order valence-corrected chi connectivity index (χ4v) is 1.79. The number of aliphatic imine (C=N–C) groups is 1. The lowest BCUT2D eigenvalue weighted by Gasteiger charge is -2.06. The van der Waals surface area contributed by atoms with Crippen LogP contribution in [0.2, 0.25) is 0 Å².